The van der Waals surface area contributed by atoms with E-state index in [1.807, 2.05) is 48.5 Å². The first kappa shape index (κ1) is 27.3. The van der Waals surface area contributed by atoms with Crippen LogP contribution < -0.4 is 9.47 Å². The number of methoxy groups -OCH3 is 2. The van der Waals surface area contributed by atoms with Gasteiger partial charge in [0.15, 0.2) is 12.2 Å². The zero-order valence-electron chi connectivity index (χ0n) is 21.9. The van der Waals surface area contributed by atoms with Gasteiger partial charge in [0.25, 0.3) is 0 Å². The summed E-state index contributed by atoms with van der Waals surface area (Å²) in [5, 5.41) is 3.25. The number of esters is 2. The van der Waals surface area contributed by atoms with Gasteiger partial charge in [-0.1, -0.05) is 88.1 Å². The second kappa shape index (κ2) is 13.7. The van der Waals surface area contributed by atoms with E-state index in [-0.39, 0.29) is 11.9 Å². The van der Waals surface area contributed by atoms with Crippen LogP contribution in [0.2, 0.25) is 0 Å². The van der Waals surface area contributed by atoms with Crippen LogP contribution in [0, 0.1) is 0 Å². The van der Waals surface area contributed by atoms with Crippen molar-refractivity contribution < 1.29 is 28.5 Å². The number of carbonyl (C=O) groups excluding carboxylic acids is 2. The highest BCUT2D eigenvalue weighted by Crippen LogP contribution is 2.44. The molecule has 3 aromatic rings. The number of fused-ring (bicyclic) bond motifs is 2. The van der Waals surface area contributed by atoms with E-state index in [2.05, 4.69) is 13.8 Å². The van der Waals surface area contributed by atoms with Crippen LogP contribution in [0.3, 0.4) is 0 Å². The average molecular weight is 495 g/mol. The molecule has 6 nitrogen and oxygen atoms in total. The predicted molar refractivity (Wildman–Crippen MR) is 143 cm³/mol. The van der Waals surface area contributed by atoms with Gasteiger partial charge in [0, 0.05) is 21.5 Å². The molecule has 36 heavy (non-hydrogen) atoms. The lowest BCUT2D eigenvalue weighted by molar-refractivity contribution is -0.149. The number of ether oxygens (including phenoxy) is 4. The summed E-state index contributed by atoms with van der Waals surface area (Å²) >= 11 is 0. The number of carbonyl (C=O) groups is 2. The van der Waals surface area contributed by atoms with Gasteiger partial charge in [0.2, 0.25) is 0 Å². The number of benzene rings is 3. The van der Waals surface area contributed by atoms with E-state index in [0.29, 0.717) is 24.3 Å². The smallest absolute Gasteiger partial charge is 0.347 e. The molecule has 0 amide bonds. The molecule has 0 aliphatic rings. The molecule has 0 bridgehead atoms. The summed E-state index contributed by atoms with van der Waals surface area (Å²) in [5.41, 5.74) is 0. The minimum absolute atomic E-state index is 0.388. The largest absolute Gasteiger partial charge is 0.477 e. The predicted octanol–water partition coefficient (Wildman–Crippen LogP) is 6.99. The molecule has 6 heteroatoms. The number of rotatable bonds is 14. The van der Waals surface area contributed by atoms with Crippen molar-refractivity contribution in [2.45, 2.75) is 77.4 Å². The molecule has 0 saturated heterocycles. The minimum Gasteiger partial charge on any atom is -0.477 e. The number of hydrogen-bond donors (Lipinski definition) is 0. The quantitative estimate of drug-likeness (QED) is 0.137. The van der Waals surface area contributed by atoms with Gasteiger partial charge >= 0.3 is 11.9 Å². The summed E-state index contributed by atoms with van der Waals surface area (Å²) in [6, 6.07) is 15.5. The number of hydrogen-bond acceptors (Lipinski definition) is 6. The van der Waals surface area contributed by atoms with Gasteiger partial charge in [0.05, 0.1) is 14.2 Å². The van der Waals surface area contributed by atoms with Crippen LogP contribution in [0.1, 0.15) is 65.2 Å². The summed E-state index contributed by atoms with van der Waals surface area (Å²) in [6.07, 6.45) is 5.58. The van der Waals surface area contributed by atoms with Crippen molar-refractivity contribution in [2.75, 3.05) is 14.2 Å². The molecule has 2 atom stereocenters. The third kappa shape index (κ3) is 6.48. The highest BCUT2D eigenvalue weighted by molar-refractivity contribution is 6.11. The Morgan fingerprint density at radius 3 is 1.22 bits per heavy atom. The summed E-state index contributed by atoms with van der Waals surface area (Å²) in [5.74, 6) is 0.449. The Bertz CT molecular complexity index is 1010. The third-order valence-electron chi connectivity index (χ3n) is 6.42. The highest BCUT2D eigenvalue weighted by Gasteiger charge is 2.27. The summed E-state index contributed by atoms with van der Waals surface area (Å²) in [6.45, 7) is 4.25. The van der Waals surface area contributed by atoms with Gasteiger partial charge in [-0.05, 0) is 25.7 Å². The average Bonchev–Trinajstić information content (AvgIpc) is 2.92. The van der Waals surface area contributed by atoms with Crippen molar-refractivity contribution >= 4 is 33.5 Å². The van der Waals surface area contributed by atoms with Crippen molar-refractivity contribution in [3.05, 3.63) is 48.5 Å². The molecule has 0 spiro atoms. The first-order valence-electron chi connectivity index (χ1n) is 13.0. The van der Waals surface area contributed by atoms with Crippen LogP contribution in [0.5, 0.6) is 11.5 Å². The molecule has 0 aliphatic heterocycles. The lowest BCUT2D eigenvalue weighted by atomic mass is 10.00. The SMILES string of the molecule is CCCCCC(Oc1c2ccccc2c(OC(CCCCC)C(=O)OC)c2ccccc12)C(=O)OC. The zero-order valence-corrected chi connectivity index (χ0v) is 21.9. The van der Waals surface area contributed by atoms with Crippen LogP contribution >= 0.6 is 0 Å². The van der Waals surface area contributed by atoms with E-state index in [4.69, 9.17) is 18.9 Å². The Hall–Kier alpha value is -3.28. The first-order chi connectivity index (χ1) is 17.5. The molecule has 0 fully saturated rings. The van der Waals surface area contributed by atoms with E-state index in [1.54, 1.807) is 0 Å². The Morgan fingerprint density at radius 1 is 0.611 bits per heavy atom. The molecule has 3 aromatic carbocycles. The molecule has 0 N–H and O–H groups in total. The molecule has 0 aliphatic carbocycles. The Labute approximate surface area is 213 Å². The first-order valence-corrected chi connectivity index (χ1v) is 13.0. The normalized spacial score (nSPS) is 12.8. The maximum atomic E-state index is 12.6. The molecule has 3 rings (SSSR count). The topological polar surface area (TPSA) is 71.1 Å². The monoisotopic (exact) mass is 494 g/mol. The second-order valence-electron chi connectivity index (χ2n) is 9.00. The third-order valence-corrected chi connectivity index (χ3v) is 6.42. The van der Waals surface area contributed by atoms with E-state index in [1.165, 1.54) is 14.2 Å². The maximum Gasteiger partial charge on any atom is 0.347 e. The fourth-order valence-corrected chi connectivity index (χ4v) is 4.46. The lowest BCUT2D eigenvalue weighted by Gasteiger charge is -2.23. The highest BCUT2D eigenvalue weighted by atomic mass is 16.6. The maximum absolute atomic E-state index is 12.6. The minimum atomic E-state index is -0.711. The lowest BCUT2D eigenvalue weighted by Crippen LogP contribution is -2.29. The molecule has 0 aromatic heterocycles. The second-order valence-corrected chi connectivity index (χ2v) is 9.00. The van der Waals surface area contributed by atoms with Gasteiger partial charge in [0.1, 0.15) is 11.5 Å². The fourth-order valence-electron chi connectivity index (χ4n) is 4.46. The van der Waals surface area contributed by atoms with E-state index in [0.717, 1.165) is 60.1 Å². The van der Waals surface area contributed by atoms with Gasteiger partial charge in [-0.3, -0.25) is 0 Å². The van der Waals surface area contributed by atoms with Gasteiger partial charge in [-0.25, -0.2) is 9.59 Å². The van der Waals surface area contributed by atoms with E-state index >= 15 is 0 Å². The Balaban J connectivity index is 2.12. The van der Waals surface area contributed by atoms with Crippen molar-refractivity contribution in [3.8, 4) is 11.5 Å². The standard InChI is InChI=1S/C30H38O6/c1-5-7-9-19-25(29(31)33-3)35-27-21-15-11-13-17-23(21)28(24-18-14-12-16-22(24)27)36-26(30(32)34-4)20-10-8-6-2/h11-18,25-26H,5-10,19-20H2,1-4H3. The van der Waals surface area contributed by atoms with Gasteiger partial charge in [-0.2, -0.15) is 0 Å². The van der Waals surface area contributed by atoms with Crippen LogP contribution in [0.15, 0.2) is 48.5 Å². The molecule has 0 radical (unpaired) electrons. The van der Waals surface area contributed by atoms with Crippen LogP contribution in [0.25, 0.3) is 21.5 Å². The molecule has 2 unspecified atom stereocenters. The molecular weight excluding hydrogens is 456 g/mol. The molecular formula is C30H38O6. The summed E-state index contributed by atoms with van der Waals surface area (Å²) < 4.78 is 23.0. The van der Waals surface area contributed by atoms with Crippen molar-refractivity contribution in [2.24, 2.45) is 0 Å². The summed E-state index contributed by atoms with van der Waals surface area (Å²) in [7, 11) is 2.77. The van der Waals surface area contributed by atoms with Crippen LogP contribution in [-0.4, -0.2) is 38.4 Å². The van der Waals surface area contributed by atoms with E-state index < -0.39 is 12.2 Å². The van der Waals surface area contributed by atoms with Crippen molar-refractivity contribution in [1.82, 2.24) is 0 Å². The molecule has 0 saturated carbocycles. The molecule has 194 valence electrons. The molecule has 0 heterocycles. The summed E-state index contributed by atoms with van der Waals surface area (Å²) in [4.78, 5) is 25.2. The fraction of sp³-hybridized carbons (Fsp3) is 0.467. The van der Waals surface area contributed by atoms with Gasteiger partial charge < -0.3 is 18.9 Å². The Morgan fingerprint density at radius 2 is 0.944 bits per heavy atom. The Kier molecular flexibility index (Phi) is 10.4. The van der Waals surface area contributed by atoms with E-state index in [9.17, 15) is 9.59 Å². The van der Waals surface area contributed by atoms with Crippen molar-refractivity contribution in [1.29, 1.82) is 0 Å². The van der Waals surface area contributed by atoms with Crippen LogP contribution in [0.4, 0.5) is 0 Å². The van der Waals surface area contributed by atoms with Gasteiger partial charge in [-0.15, -0.1) is 0 Å². The zero-order chi connectivity index (χ0) is 25.9. The van der Waals surface area contributed by atoms with Crippen LogP contribution in [-0.2, 0) is 19.1 Å². The number of unbranched alkanes of at least 4 members (excludes halogenated alkanes) is 4. The van der Waals surface area contributed by atoms with Crippen molar-refractivity contribution in [3.63, 3.8) is 0 Å².